The van der Waals surface area contributed by atoms with Crippen molar-refractivity contribution in [3.8, 4) is 5.75 Å². The summed E-state index contributed by atoms with van der Waals surface area (Å²) in [4.78, 5) is 29.5. The van der Waals surface area contributed by atoms with E-state index in [9.17, 15) is 14.9 Å². The van der Waals surface area contributed by atoms with Gasteiger partial charge in [-0.1, -0.05) is 0 Å². The predicted octanol–water partition coefficient (Wildman–Crippen LogP) is 3.36. The van der Waals surface area contributed by atoms with Crippen LogP contribution in [0, 0.1) is 10.1 Å². The average Bonchev–Trinajstić information content (AvgIpc) is 3.31. The van der Waals surface area contributed by atoms with Crippen molar-refractivity contribution < 1.29 is 18.9 Å². The van der Waals surface area contributed by atoms with Crippen LogP contribution >= 0.6 is 0 Å². The summed E-state index contributed by atoms with van der Waals surface area (Å²) in [7, 11) is 1.47. The van der Waals surface area contributed by atoms with Gasteiger partial charge in [0.15, 0.2) is 0 Å². The standard InChI is InChI=1S/C19H16N4O5/c1-27-16-7-6-12(23(25)26)10-15(16)21-18-17-14(5-2-8-20-17)19(24)22(18)11-13-4-3-9-28-13/h2-10,18,21H,11H2,1H3. The lowest BCUT2D eigenvalue weighted by Gasteiger charge is -2.26. The van der Waals surface area contributed by atoms with Crippen LogP contribution in [0.4, 0.5) is 11.4 Å². The number of nitro groups is 1. The van der Waals surface area contributed by atoms with Crippen molar-refractivity contribution >= 4 is 17.3 Å². The molecule has 1 atom stereocenters. The molecule has 0 saturated heterocycles. The Balaban J connectivity index is 1.74. The predicted molar refractivity (Wildman–Crippen MR) is 98.8 cm³/mol. The third kappa shape index (κ3) is 3.02. The van der Waals surface area contributed by atoms with E-state index in [1.807, 2.05) is 0 Å². The molecular formula is C19H16N4O5. The minimum atomic E-state index is -0.635. The molecule has 28 heavy (non-hydrogen) atoms. The fourth-order valence-corrected chi connectivity index (χ4v) is 3.19. The molecule has 9 nitrogen and oxygen atoms in total. The van der Waals surface area contributed by atoms with E-state index in [2.05, 4.69) is 10.3 Å². The second-order valence-corrected chi connectivity index (χ2v) is 6.14. The van der Waals surface area contributed by atoms with E-state index in [0.717, 1.165) is 0 Å². The van der Waals surface area contributed by atoms with Gasteiger partial charge in [0.1, 0.15) is 17.7 Å². The number of nitro benzene ring substituents is 1. The Labute approximate surface area is 159 Å². The van der Waals surface area contributed by atoms with Gasteiger partial charge in [-0.05, 0) is 30.3 Å². The van der Waals surface area contributed by atoms with Crippen LogP contribution in [0.15, 0.2) is 59.3 Å². The molecule has 1 amide bonds. The average molecular weight is 380 g/mol. The van der Waals surface area contributed by atoms with E-state index in [1.165, 1.54) is 31.6 Å². The molecule has 9 heteroatoms. The number of anilines is 1. The van der Waals surface area contributed by atoms with E-state index >= 15 is 0 Å². The summed E-state index contributed by atoms with van der Waals surface area (Å²) in [6.07, 6.45) is 2.50. The molecule has 1 unspecified atom stereocenters. The quantitative estimate of drug-likeness (QED) is 0.515. The first-order valence-electron chi connectivity index (χ1n) is 8.45. The molecule has 1 aromatic carbocycles. The molecule has 2 aromatic heterocycles. The Kier molecular flexibility index (Phi) is 4.40. The molecule has 1 aliphatic heterocycles. The number of ether oxygens (including phenoxy) is 1. The lowest BCUT2D eigenvalue weighted by atomic mass is 10.2. The van der Waals surface area contributed by atoms with Gasteiger partial charge in [-0.15, -0.1) is 0 Å². The highest BCUT2D eigenvalue weighted by atomic mass is 16.6. The molecule has 142 valence electrons. The summed E-state index contributed by atoms with van der Waals surface area (Å²) >= 11 is 0. The summed E-state index contributed by atoms with van der Waals surface area (Å²) in [5.41, 5.74) is 1.30. The van der Waals surface area contributed by atoms with E-state index in [0.29, 0.717) is 28.5 Å². The van der Waals surface area contributed by atoms with Crippen molar-refractivity contribution in [2.24, 2.45) is 0 Å². The number of aromatic nitrogens is 1. The molecule has 4 rings (SSSR count). The Hall–Kier alpha value is -3.88. The number of pyridine rings is 1. The Morgan fingerprint density at radius 3 is 2.89 bits per heavy atom. The van der Waals surface area contributed by atoms with Gasteiger partial charge < -0.3 is 19.4 Å². The summed E-state index contributed by atoms with van der Waals surface area (Å²) < 4.78 is 10.7. The third-order valence-electron chi connectivity index (χ3n) is 4.49. The number of rotatable bonds is 6. The van der Waals surface area contributed by atoms with Gasteiger partial charge in [-0.2, -0.15) is 0 Å². The first-order chi connectivity index (χ1) is 13.6. The molecule has 0 bridgehead atoms. The SMILES string of the molecule is COc1ccc([N+](=O)[O-])cc1NC1c2ncccc2C(=O)N1Cc1ccco1. The molecule has 3 heterocycles. The van der Waals surface area contributed by atoms with E-state index < -0.39 is 11.1 Å². The second kappa shape index (κ2) is 7.03. The monoisotopic (exact) mass is 380 g/mol. The van der Waals surface area contributed by atoms with Gasteiger partial charge in [0.2, 0.25) is 0 Å². The zero-order valence-corrected chi connectivity index (χ0v) is 14.9. The van der Waals surface area contributed by atoms with Crippen LogP contribution in [0.2, 0.25) is 0 Å². The molecule has 0 radical (unpaired) electrons. The molecule has 0 saturated carbocycles. The molecule has 3 aromatic rings. The number of benzene rings is 1. The van der Waals surface area contributed by atoms with Crippen LogP contribution in [-0.2, 0) is 6.54 Å². The normalized spacial score (nSPS) is 15.4. The third-order valence-corrected chi connectivity index (χ3v) is 4.49. The van der Waals surface area contributed by atoms with Crippen molar-refractivity contribution in [2.75, 3.05) is 12.4 Å². The molecule has 0 spiro atoms. The number of nitrogens with zero attached hydrogens (tertiary/aromatic N) is 3. The highest BCUT2D eigenvalue weighted by Crippen LogP contribution is 2.37. The van der Waals surface area contributed by atoms with Gasteiger partial charge in [0, 0.05) is 18.3 Å². The second-order valence-electron chi connectivity index (χ2n) is 6.14. The molecule has 0 fully saturated rings. The van der Waals surface area contributed by atoms with Crippen LogP contribution in [0.1, 0.15) is 28.0 Å². The number of fused-ring (bicyclic) bond motifs is 1. The van der Waals surface area contributed by atoms with Gasteiger partial charge in [0.25, 0.3) is 11.6 Å². The van der Waals surface area contributed by atoms with Gasteiger partial charge >= 0.3 is 0 Å². The topological polar surface area (TPSA) is 111 Å². The highest BCUT2D eigenvalue weighted by molar-refractivity contribution is 5.99. The smallest absolute Gasteiger partial charge is 0.271 e. The maximum atomic E-state index is 12.9. The summed E-state index contributed by atoms with van der Waals surface area (Å²) in [5.74, 6) is 0.820. The fraction of sp³-hybridized carbons (Fsp3) is 0.158. The van der Waals surface area contributed by atoms with Crippen molar-refractivity contribution in [3.63, 3.8) is 0 Å². The number of nitrogens with one attached hydrogen (secondary N) is 1. The van der Waals surface area contributed by atoms with Crippen LogP contribution in [0.5, 0.6) is 5.75 Å². The number of furan rings is 1. The Bertz CT molecular complexity index is 1030. The first-order valence-corrected chi connectivity index (χ1v) is 8.45. The van der Waals surface area contributed by atoms with Crippen LogP contribution in [0.25, 0.3) is 0 Å². The Morgan fingerprint density at radius 1 is 1.32 bits per heavy atom. The van der Waals surface area contributed by atoms with Crippen LogP contribution in [-0.4, -0.2) is 27.8 Å². The van der Waals surface area contributed by atoms with E-state index in [4.69, 9.17) is 9.15 Å². The maximum absolute atomic E-state index is 12.9. The lowest BCUT2D eigenvalue weighted by molar-refractivity contribution is -0.384. The molecular weight excluding hydrogens is 364 g/mol. The van der Waals surface area contributed by atoms with E-state index in [-0.39, 0.29) is 18.1 Å². The lowest BCUT2D eigenvalue weighted by Crippen LogP contribution is -2.32. The number of non-ortho nitro benzene ring substituents is 1. The van der Waals surface area contributed by atoms with Crippen LogP contribution < -0.4 is 10.1 Å². The minimum Gasteiger partial charge on any atom is -0.495 e. The minimum absolute atomic E-state index is 0.0912. The molecule has 0 aliphatic carbocycles. The first kappa shape index (κ1) is 17.5. The zero-order chi connectivity index (χ0) is 19.7. The number of methoxy groups -OCH3 is 1. The zero-order valence-electron chi connectivity index (χ0n) is 14.9. The van der Waals surface area contributed by atoms with Crippen molar-refractivity contribution in [1.29, 1.82) is 0 Å². The van der Waals surface area contributed by atoms with Gasteiger partial charge in [-0.25, -0.2) is 0 Å². The number of carbonyl (C=O) groups excluding carboxylic acids is 1. The molecule has 1 aliphatic rings. The largest absolute Gasteiger partial charge is 0.495 e. The fourth-order valence-electron chi connectivity index (χ4n) is 3.19. The van der Waals surface area contributed by atoms with Crippen molar-refractivity contribution in [1.82, 2.24) is 9.88 Å². The van der Waals surface area contributed by atoms with Crippen molar-refractivity contribution in [3.05, 3.63) is 82.1 Å². The van der Waals surface area contributed by atoms with Gasteiger partial charge in [-0.3, -0.25) is 19.9 Å². The Morgan fingerprint density at radius 2 is 2.18 bits per heavy atom. The molecule has 1 N–H and O–H groups in total. The summed E-state index contributed by atoms with van der Waals surface area (Å²) in [6.45, 7) is 0.219. The summed E-state index contributed by atoms with van der Waals surface area (Å²) in [6, 6.07) is 11.1. The number of hydrogen-bond acceptors (Lipinski definition) is 7. The highest BCUT2D eigenvalue weighted by Gasteiger charge is 2.38. The summed E-state index contributed by atoms with van der Waals surface area (Å²) in [5, 5.41) is 14.3. The maximum Gasteiger partial charge on any atom is 0.271 e. The van der Waals surface area contributed by atoms with E-state index in [1.54, 1.807) is 35.4 Å². The van der Waals surface area contributed by atoms with Crippen LogP contribution in [0.3, 0.4) is 0 Å². The number of carbonyl (C=O) groups is 1. The number of hydrogen-bond donors (Lipinski definition) is 1. The van der Waals surface area contributed by atoms with Gasteiger partial charge in [0.05, 0.1) is 41.8 Å². The van der Waals surface area contributed by atoms with Crippen molar-refractivity contribution in [2.45, 2.75) is 12.7 Å². The number of amides is 1.